The van der Waals surface area contributed by atoms with Crippen molar-refractivity contribution in [3.8, 4) is 0 Å². The molecule has 3 nitrogen and oxygen atoms in total. The molecule has 0 radical (unpaired) electrons. The quantitative estimate of drug-likeness (QED) is 0.575. The van der Waals surface area contributed by atoms with E-state index in [0.717, 1.165) is 10.9 Å². The van der Waals surface area contributed by atoms with Crippen LogP contribution in [0.4, 0.5) is 0 Å². The van der Waals surface area contributed by atoms with Gasteiger partial charge in [0.1, 0.15) is 5.02 Å². The predicted molar refractivity (Wildman–Crippen MR) is 37.6 cm³/mol. The maximum atomic E-state index is 10.9. The highest BCUT2D eigenvalue weighted by molar-refractivity contribution is 6.30. The molecule has 0 aromatic carbocycles. The summed E-state index contributed by atoms with van der Waals surface area (Å²) >= 11 is 5.43. The van der Waals surface area contributed by atoms with Crippen LogP contribution in [0.1, 0.15) is 5.56 Å². The molecule has 0 aliphatic carbocycles. The maximum absolute atomic E-state index is 10.9. The van der Waals surface area contributed by atoms with E-state index in [2.05, 4.69) is 0 Å². The van der Waals surface area contributed by atoms with Crippen molar-refractivity contribution in [1.82, 2.24) is 4.73 Å². The highest BCUT2D eigenvalue weighted by atomic mass is 35.5. The van der Waals surface area contributed by atoms with Crippen molar-refractivity contribution in [2.24, 2.45) is 0 Å². The van der Waals surface area contributed by atoms with E-state index in [4.69, 9.17) is 16.8 Å². The molecular formula is C6H6ClNO2. The number of halogens is 1. The van der Waals surface area contributed by atoms with Crippen LogP contribution in [0.25, 0.3) is 0 Å². The van der Waals surface area contributed by atoms with Gasteiger partial charge in [-0.15, -0.1) is 0 Å². The Hall–Kier alpha value is -0.960. The number of nitrogens with zero attached hydrogens (tertiary/aromatic N) is 1. The van der Waals surface area contributed by atoms with E-state index in [1.807, 2.05) is 0 Å². The lowest BCUT2D eigenvalue weighted by molar-refractivity contribution is 0.183. The number of hydrogen-bond donors (Lipinski definition) is 1. The monoisotopic (exact) mass is 159 g/mol. The van der Waals surface area contributed by atoms with E-state index >= 15 is 0 Å². The minimum absolute atomic E-state index is 0.0301. The van der Waals surface area contributed by atoms with Crippen LogP contribution >= 0.6 is 11.6 Å². The van der Waals surface area contributed by atoms with Gasteiger partial charge in [-0.1, -0.05) is 11.6 Å². The zero-order valence-corrected chi connectivity index (χ0v) is 6.09. The lowest BCUT2D eigenvalue weighted by Crippen LogP contribution is -2.08. The fourth-order valence-corrected chi connectivity index (χ4v) is 0.906. The van der Waals surface area contributed by atoms with Gasteiger partial charge in [0.15, 0.2) is 0 Å². The molecule has 10 heavy (non-hydrogen) atoms. The van der Waals surface area contributed by atoms with Crippen molar-refractivity contribution < 1.29 is 5.21 Å². The fourth-order valence-electron chi connectivity index (χ4n) is 0.657. The van der Waals surface area contributed by atoms with Crippen LogP contribution in [-0.4, -0.2) is 9.94 Å². The lowest BCUT2D eigenvalue weighted by Gasteiger charge is -1.97. The molecule has 0 atom stereocenters. The number of hydrogen-bond acceptors (Lipinski definition) is 2. The van der Waals surface area contributed by atoms with Gasteiger partial charge in [-0.25, -0.2) is 0 Å². The first-order valence-electron chi connectivity index (χ1n) is 2.69. The van der Waals surface area contributed by atoms with Crippen LogP contribution in [0.2, 0.25) is 5.02 Å². The fraction of sp³-hybridized carbons (Fsp3) is 0.167. The van der Waals surface area contributed by atoms with Crippen LogP contribution in [0.3, 0.4) is 0 Å². The minimum Gasteiger partial charge on any atom is -0.429 e. The van der Waals surface area contributed by atoms with Crippen LogP contribution in [0.15, 0.2) is 17.2 Å². The van der Waals surface area contributed by atoms with E-state index in [-0.39, 0.29) is 10.5 Å². The highest BCUT2D eigenvalue weighted by Crippen LogP contribution is 2.00. The molecule has 0 saturated carbocycles. The molecule has 0 aliphatic heterocycles. The Bertz CT molecular complexity index is 279. The number of pyridine rings is 1. The Morgan fingerprint density at radius 3 is 2.70 bits per heavy atom. The van der Waals surface area contributed by atoms with Gasteiger partial charge < -0.3 is 5.21 Å². The van der Waals surface area contributed by atoms with Crippen LogP contribution in [0, 0.1) is 6.92 Å². The van der Waals surface area contributed by atoms with E-state index in [1.54, 1.807) is 6.92 Å². The van der Waals surface area contributed by atoms with Crippen molar-refractivity contribution in [1.29, 1.82) is 0 Å². The SMILES string of the molecule is Cc1cn(O)cc(Cl)c1=O. The Morgan fingerprint density at radius 1 is 1.60 bits per heavy atom. The van der Waals surface area contributed by atoms with Crippen LogP contribution in [0.5, 0.6) is 0 Å². The van der Waals surface area contributed by atoms with Gasteiger partial charge in [-0.3, -0.25) is 4.79 Å². The Balaban J connectivity index is 3.46. The number of rotatable bonds is 0. The first-order valence-corrected chi connectivity index (χ1v) is 3.06. The summed E-state index contributed by atoms with van der Waals surface area (Å²) < 4.78 is 0.763. The van der Waals surface area contributed by atoms with Gasteiger partial charge in [0.25, 0.3) is 0 Å². The third-order valence-corrected chi connectivity index (χ3v) is 1.42. The van der Waals surface area contributed by atoms with Gasteiger partial charge >= 0.3 is 0 Å². The smallest absolute Gasteiger partial charge is 0.203 e. The molecule has 1 aromatic rings. The summed E-state index contributed by atoms with van der Waals surface area (Å²) in [6.45, 7) is 1.58. The van der Waals surface area contributed by atoms with E-state index in [9.17, 15) is 4.79 Å². The van der Waals surface area contributed by atoms with Gasteiger partial charge in [-0.2, -0.15) is 4.73 Å². The molecule has 0 amide bonds. The molecule has 0 unspecified atom stereocenters. The van der Waals surface area contributed by atoms with E-state index < -0.39 is 0 Å². The summed E-state index contributed by atoms with van der Waals surface area (Å²) in [4.78, 5) is 10.9. The van der Waals surface area contributed by atoms with Crippen molar-refractivity contribution in [3.63, 3.8) is 0 Å². The summed E-state index contributed by atoms with van der Waals surface area (Å²) in [6, 6.07) is 0. The Labute approximate surface area is 62.4 Å². The average Bonchev–Trinajstić information content (AvgIpc) is 1.82. The molecule has 0 spiro atoms. The number of aryl methyl sites for hydroxylation is 1. The lowest BCUT2D eigenvalue weighted by atomic mass is 10.3. The Kier molecular flexibility index (Phi) is 1.68. The van der Waals surface area contributed by atoms with Crippen molar-refractivity contribution >= 4 is 11.6 Å². The van der Waals surface area contributed by atoms with E-state index in [1.165, 1.54) is 6.20 Å². The van der Waals surface area contributed by atoms with Gasteiger partial charge in [0.05, 0.1) is 12.4 Å². The summed E-state index contributed by atoms with van der Waals surface area (Å²) in [5.74, 6) is 0. The number of aromatic nitrogens is 1. The topological polar surface area (TPSA) is 42.2 Å². The summed E-state index contributed by atoms with van der Waals surface area (Å²) in [6.07, 6.45) is 2.45. The summed E-state index contributed by atoms with van der Waals surface area (Å²) in [7, 11) is 0. The van der Waals surface area contributed by atoms with Gasteiger partial charge in [0.2, 0.25) is 5.43 Å². The van der Waals surface area contributed by atoms with Crippen molar-refractivity contribution in [2.75, 3.05) is 0 Å². The Morgan fingerprint density at radius 2 is 2.20 bits per heavy atom. The second-order valence-corrected chi connectivity index (χ2v) is 2.41. The first-order chi connectivity index (χ1) is 4.61. The average molecular weight is 160 g/mol. The molecule has 0 fully saturated rings. The molecule has 0 aliphatic rings. The maximum Gasteiger partial charge on any atom is 0.203 e. The second-order valence-electron chi connectivity index (χ2n) is 2.00. The van der Waals surface area contributed by atoms with Gasteiger partial charge in [0, 0.05) is 5.56 Å². The van der Waals surface area contributed by atoms with E-state index in [0.29, 0.717) is 5.56 Å². The predicted octanol–water partition coefficient (Wildman–Crippen LogP) is 1.05. The van der Waals surface area contributed by atoms with Crippen molar-refractivity contribution in [3.05, 3.63) is 33.2 Å². The molecule has 1 heterocycles. The second kappa shape index (κ2) is 2.34. The molecule has 0 saturated heterocycles. The van der Waals surface area contributed by atoms with Crippen LogP contribution in [-0.2, 0) is 0 Å². The van der Waals surface area contributed by atoms with Gasteiger partial charge in [-0.05, 0) is 6.92 Å². The third-order valence-electron chi connectivity index (χ3n) is 1.15. The van der Waals surface area contributed by atoms with Crippen molar-refractivity contribution in [2.45, 2.75) is 6.92 Å². The standard InChI is InChI=1S/C6H6ClNO2/c1-4-2-8(10)3-5(7)6(4)9/h2-3,10H,1H3. The molecular weight excluding hydrogens is 154 g/mol. The van der Waals surface area contributed by atoms with Crippen LogP contribution < -0.4 is 5.43 Å². The zero-order valence-electron chi connectivity index (χ0n) is 5.34. The molecule has 1 N–H and O–H groups in total. The highest BCUT2D eigenvalue weighted by Gasteiger charge is 1.99. The minimum atomic E-state index is -0.244. The largest absolute Gasteiger partial charge is 0.429 e. The molecule has 54 valence electrons. The summed E-state index contributed by atoms with van der Waals surface area (Å²) in [5, 5.41) is 8.84. The molecule has 4 heteroatoms. The zero-order chi connectivity index (χ0) is 7.72. The molecule has 1 rings (SSSR count). The summed E-state index contributed by atoms with van der Waals surface area (Å²) in [5.41, 5.74) is 0.182. The normalized spacial score (nSPS) is 9.80. The molecule has 0 bridgehead atoms. The first kappa shape index (κ1) is 7.15. The molecule has 1 aromatic heterocycles. The third kappa shape index (κ3) is 1.14.